The Bertz CT molecular complexity index is 1060. The van der Waals surface area contributed by atoms with Crippen LogP contribution in [-0.4, -0.2) is 59.9 Å². The molecular formula is C26H29N3O2. The van der Waals surface area contributed by atoms with E-state index < -0.39 is 0 Å². The Kier molecular flexibility index (Phi) is 4.60. The van der Waals surface area contributed by atoms with Crippen molar-refractivity contribution in [2.75, 3.05) is 26.2 Å². The first-order chi connectivity index (χ1) is 15.2. The Morgan fingerprint density at radius 2 is 1.55 bits per heavy atom. The molecule has 4 aliphatic rings. The molecule has 2 aromatic rings. The Morgan fingerprint density at radius 3 is 2.29 bits per heavy atom. The number of rotatable bonds is 3. The summed E-state index contributed by atoms with van der Waals surface area (Å²) in [6, 6.07) is 13.5. The van der Waals surface area contributed by atoms with E-state index in [1.165, 1.54) is 19.3 Å². The molecule has 160 valence electrons. The summed E-state index contributed by atoms with van der Waals surface area (Å²) in [7, 11) is 0. The highest BCUT2D eigenvalue weighted by Gasteiger charge is 2.37. The maximum atomic E-state index is 13.3. The molecule has 0 spiro atoms. The van der Waals surface area contributed by atoms with Gasteiger partial charge in [-0.05, 0) is 66.5 Å². The molecule has 1 atom stereocenters. The van der Waals surface area contributed by atoms with Crippen molar-refractivity contribution in [3.05, 3.63) is 58.7 Å². The van der Waals surface area contributed by atoms with E-state index in [9.17, 15) is 9.59 Å². The van der Waals surface area contributed by atoms with Gasteiger partial charge in [0, 0.05) is 49.4 Å². The van der Waals surface area contributed by atoms with E-state index in [1.54, 1.807) is 0 Å². The molecule has 0 bridgehead atoms. The van der Waals surface area contributed by atoms with Crippen LogP contribution in [0.1, 0.15) is 57.5 Å². The fourth-order valence-corrected chi connectivity index (χ4v) is 5.75. The van der Waals surface area contributed by atoms with Crippen LogP contribution in [0.4, 0.5) is 0 Å². The molecule has 5 heteroatoms. The Labute approximate surface area is 183 Å². The van der Waals surface area contributed by atoms with Gasteiger partial charge in [0.25, 0.3) is 11.8 Å². The summed E-state index contributed by atoms with van der Waals surface area (Å²) in [5, 5.41) is 2.90. The van der Waals surface area contributed by atoms with Crippen LogP contribution in [0.5, 0.6) is 0 Å². The molecule has 5 nitrogen and oxygen atoms in total. The molecule has 3 aliphatic heterocycles. The average Bonchev–Trinajstić information content (AvgIpc) is 3.21. The lowest BCUT2D eigenvalue weighted by Gasteiger charge is -2.37. The molecule has 2 amide bonds. The average molecular weight is 416 g/mol. The van der Waals surface area contributed by atoms with Crippen molar-refractivity contribution < 1.29 is 9.59 Å². The van der Waals surface area contributed by atoms with Gasteiger partial charge in [0.05, 0.1) is 0 Å². The van der Waals surface area contributed by atoms with E-state index in [1.807, 2.05) is 18.2 Å². The molecule has 2 aromatic carbocycles. The number of carbonyl (C=O) groups excluding carboxylic acids is 2. The van der Waals surface area contributed by atoms with Gasteiger partial charge in [-0.3, -0.25) is 14.5 Å². The molecule has 0 radical (unpaired) electrons. The summed E-state index contributed by atoms with van der Waals surface area (Å²) < 4.78 is 0. The van der Waals surface area contributed by atoms with Crippen LogP contribution in [0, 0.1) is 0 Å². The second-order valence-corrected chi connectivity index (χ2v) is 9.52. The first-order valence-corrected chi connectivity index (χ1v) is 11.8. The summed E-state index contributed by atoms with van der Waals surface area (Å²) in [5.74, 6) is 0.224. The molecule has 1 aliphatic carbocycles. The number of nitrogens with one attached hydrogen (secondary N) is 1. The van der Waals surface area contributed by atoms with Crippen LogP contribution in [0.3, 0.4) is 0 Å². The third-order valence-electron chi connectivity index (χ3n) is 7.81. The number of hydrogen-bond acceptors (Lipinski definition) is 3. The predicted octanol–water partition coefficient (Wildman–Crippen LogP) is 3.26. The topological polar surface area (TPSA) is 52.7 Å². The number of fused-ring (bicyclic) bond motifs is 2. The van der Waals surface area contributed by atoms with Gasteiger partial charge in [-0.25, -0.2) is 0 Å². The van der Waals surface area contributed by atoms with Gasteiger partial charge < -0.3 is 10.2 Å². The standard InChI is InChI=1S/C26H29N3O2/c30-25-23-6-4-17(14-19(23)8-11-27-25)18-5-7-24-20(15-18)9-13-29(26(24)31)22-10-12-28(16-22)21-2-1-3-21/h4-7,14-15,21-22H,1-3,8-13,16H2,(H,27,30)/t22-/m1/s1. The highest BCUT2D eigenvalue weighted by Crippen LogP contribution is 2.33. The lowest BCUT2D eigenvalue weighted by atomic mass is 9.91. The van der Waals surface area contributed by atoms with E-state index >= 15 is 0 Å². The predicted molar refractivity (Wildman–Crippen MR) is 120 cm³/mol. The number of nitrogens with zero attached hydrogens (tertiary/aromatic N) is 2. The fraction of sp³-hybridized carbons (Fsp3) is 0.462. The summed E-state index contributed by atoms with van der Waals surface area (Å²) in [6.45, 7) is 3.71. The highest BCUT2D eigenvalue weighted by molar-refractivity contribution is 5.98. The molecule has 1 saturated carbocycles. The van der Waals surface area contributed by atoms with Crippen LogP contribution in [0.15, 0.2) is 36.4 Å². The zero-order chi connectivity index (χ0) is 20.9. The number of benzene rings is 2. The van der Waals surface area contributed by atoms with Crippen LogP contribution in [0.2, 0.25) is 0 Å². The molecule has 1 saturated heterocycles. The van der Waals surface area contributed by atoms with Crippen molar-refractivity contribution in [3.63, 3.8) is 0 Å². The Hall–Kier alpha value is -2.66. The van der Waals surface area contributed by atoms with Gasteiger partial charge in [-0.15, -0.1) is 0 Å². The number of likely N-dealkylation sites (tertiary alicyclic amines) is 1. The van der Waals surface area contributed by atoms with E-state index in [0.717, 1.165) is 78.3 Å². The highest BCUT2D eigenvalue weighted by atomic mass is 16.2. The zero-order valence-corrected chi connectivity index (χ0v) is 17.9. The van der Waals surface area contributed by atoms with Crippen LogP contribution in [-0.2, 0) is 12.8 Å². The Balaban J connectivity index is 1.22. The lowest BCUT2D eigenvalue weighted by molar-refractivity contribution is 0.0646. The Morgan fingerprint density at radius 1 is 0.806 bits per heavy atom. The quantitative estimate of drug-likeness (QED) is 0.837. The molecule has 1 N–H and O–H groups in total. The van der Waals surface area contributed by atoms with Crippen molar-refractivity contribution in [3.8, 4) is 11.1 Å². The summed E-state index contributed by atoms with van der Waals surface area (Å²) in [5.41, 5.74) is 6.17. The largest absolute Gasteiger partial charge is 0.352 e. The van der Waals surface area contributed by atoms with E-state index in [2.05, 4.69) is 33.3 Å². The van der Waals surface area contributed by atoms with Crippen LogP contribution >= 0.6 is 0 Å². The van der Waals surface area contributed by atoms with Gasteiger partial charge in [-0.2, -0.15) is 0 Å². The second-order valence-electron chi connectivity index (χ2n) is 9.52. The van der Waals surface area contributed by atoms with E-state index in [-0.39, 0.29) is 11.8 Å². The van der Waals surface area contributed by atoms with Gasteiger partial charge in [-0.1, -0.05) is 30.7 Å². The second kappa shape index (κ2) is 7.49. The SMILES string of the molecule is O=C1NCCc2cc(-c3ccc4c(c3)CCN([C@@H]3CCN(C5CCC5)C3)C4=O)ccc21. The van der Waals surface area contributed by atoms with Gasteiger partial charge in [0.2, 0.25) is 0 Å². The molecule has 0 aromatic heterocycles. The first-order valence-electron chi connectivity index (χ1n) is 11.8. The minimum absolute atomic E-state index is 0.0201. The number of hydrogen-bond donors (Lipinski definition) is 1. The maximum Gasteiger partial charge on any atom is 0.254 e. The molecule has 2 fully saturated rings. The van der Waals surface area contributed by atoms with Crippen molar-refractivity contribution in [2.45, 2.75) is 50.6 Å². The fourth-order valence-electron chi connectivity index (χ4n) is 5.75. The molecular weight excluding hydrogens is 386 g/mol. The van der Waals surface area contributed by atoms with Crippen LogP contribution < -0.4 is 5.32 Å². The van der Waals surface area contributed by atoms with Crippen molar-refractivity contribution in [1.82, 2.24) is 15.1 Å². The number of carbonyl (C=O) groups is 2. The van der Waals surface area contributed by atoms with Crippen LogP contribution in [0.25, 0.3) is 11.1 Å². The summed E-state index contributed by atoms with van der Waals surface area (Å²) in [6.07, 6.45) is 6.92. The number of amides is 2. The van der Waals surface area contributed by atoms with Crippen molar-refractivity contribution in [1.29, 1.82) is 0 Å². The molecule has 6 rings (SSSR count). The van der Waals surface area contributed by atoms with Crippen molar-refractivity contribution in [2.24, 2.45) is 0 Å². The van der Waals surface area contributed by atoms with Gasteiger partial charge in [0.1, 0.15) is 0 Å². The monoisotopic (exact) mass is 415 g/mol. The molecule has 3 heterocycles. The lowest BCUT2D eigenvalue weighted by Crippen LogP contribution is -2.47. The minimum Gasteiger partial charge on any atom is -0.352 e. The third kappa shape index (κ3) is 3.26. The van der Waals surface area contributed by atoms with Gasteiger partial charge in [0.15, 0.2) is 0 Å². The summed E-state index contributed by atoms with van der Waals surface area (Å²) in [4.78, 5) is 30.1. The van der Waals surface area contributed by atoms with Crippen molar-refractivity contribution >= 4 is 11.8 Å². The normalized spacial score (nSPS) is 23.9. The third-order valence-corrected chi connectivity index (χ3v) is 7.81. The first kappa shape index (κ1) is 19.1. The molecule has 31 heavy (non-hydrogen) atoms. The minimum atomic E-state index is 0.0201. The molecule has 0 unspecified atom stereocenters. The summed E-state index contributed by atoms with van der Waals surface area (Å²) >= 11 is 0. The zero-order valence-electron chi connectivity index (χ0n) is 17.9. The van der Waals surface area contributed by atoms with Gasteiger partial charge >= 0.3 is 0 Å². The van der Waals surface area contributed by atoms with E-state index in [0.29, 0.717) is 12.6 Å². The smallest absolute Gasteiger partial charge is 0.254 e. The van der Waals surface area contributed by atoms with E-state index in [4.69, 9.17) is 0 Å². The maximum absolute atomic E-state index is 13.3.